The van der Waals surface area contributed by atoms with Crippen LogP contribution in [0.5, 0.6) is 0 Å². The van der Waals surface area contributed by atoms with Crippen molar-refractivity contribution in [3.05, 3.63) is 65.2 Å². The highest BCUT2D eigenvalue weighted by atomic mass is 19.1. The van der Waals surface area contributed by atoms with Gasteiger partial charge in [0.2, 0.25) is 5.95 Å². The van der Waals surface area contributed by atoms with Crippen molar-refractivity contribution in [2.75, 3.05) is 13.2 Å². The molecule has 118 valence electrons. The van der Waals surface area contributed by atoms with Crippen molar-refractivity contribution < 1.29 is 19.0 Å². The molecule has 22 heavy (non-hydrogen) atoms. The van der Waals surface area contributed by atoms with Crippen molar-refractivity contribution in [3.63, 3.8) is 0 Å². The number of pyridine rings is 1. The number of hydrogen-bond donors (Lipinski definition) is 1. The fraction of sp³-hybridized carbons (Fsp3) is 0.353. The van der Waals surface area contributed by atoms with E-state index in [9.17, 15) is 9.50 Å². The molecule has 4 nitrogen and oxygen atoms in total. The van der Waals surface area contributed by atoms with E-state index in [0.717, 1.165) is 0 Å². The van der Waals surface area contributed by atoms with E-state index >= 15 is 0 Å². The Morgan fingerprint density at radius 1 is 1.00 bits per heavy atom. The molecule has 1 heterocycles. The third-order valence-electron chi connectivity index (χ3n) is 3.26. The van der Waals surface area contributed by atoms with E-state index in [0.29, 0.717) is 24.3 Å². The maximum atomic E-state index is 13.8. The Hall–Kier alpha value is -1.82. The van der Waals surface area contributed by atoms with Crippen LogP contribution in [0.15, 0.2) is 42.6 Å². The molecule has 2 aromatic rings. The Morgan fingerprint density at radius 2 is 1.59 bits per heavy atom. The first-order chi connectivity index (χ1) is 10.7. The predicted molar refractivity (Wildman–Crippen MR) is 80.7 cm³/mol. The zero-order valence-corrected chi connectivity index (χ0v) is 12.7. The molecular weight excluding hydrogens is 285 g/mol. The molecule has 0 radical (unpaired) electrons. The Labute approximate surface area is 129 Å². The molecule has 0 saturated heterocycles. The van der Waals surface area contributed by atoms with Gasteiger partial charge in [-0.3, -0.25) is 0 Å². The number of rotatable bonds is 7. The van der Waals surface area contributed by atoms with E-state index in [-0.39, 0.29) is 5.56 Å². The van der Waals surface area contributed by atoms with Gasteiger partial charge in [-0.1, -0.05) is 24.3 Å². The van der Waals surface area contributed by atoms with Gasteiger partial charge in [0.15, 0.2) is 6.29 Å². The van der Waals surface area contributed by atoms with E-state index in [1.165, 1.54) is 12.3 Å². The van der Waals surface area contributed by atoms with Gasteiger partial charge < -0.3 is 14.6 Å². The van der Waals surface area contributed by atoms with Gasteiger partial charge in [0.05, 0.1) is 0 Å². The second-order valence-electron chi connectivity index (χ2n) is 4.66. The van der Waals surface area contributed by atoms with Gasteiger partial charge in [0.25, 0.3) is 0 Å². The number of aliphatic hydroxyl groups is 1. The molecule has 1 aromatic heterocycles. The van der Waals surface area contributed by atoms with Crippen LogP contribution in [0, 0.1) is 5.95 Å². The molecule has 1 N–H and O–H groups in total. The highest BCUT2D eigenvalue weighted by molar-refractivity contribution is 5.36. The molecule has 0 saturated carbocycles. The largest absolute Gasteiger partial charge is 0.383 e. The number of hydrogen-bond acceptors (Lipinski definition) is 4. The van der Waals surface area contributed by atoms with Gasteiger partial charge in [-0.2, -0.15) is 4.39 Å². The summed E-state index contributed by atoms with van der Waals surface area (Å²) in [5.74, 6) is -0.686. The van der Waals surface area contributed by atoms with Crippen LogP contribution in [-0.4, -0.2) is 23.3 Å². The van der Waals surface area contributed by atoms with Crippen molar-refractivity contribution in [1.29, 1.82) is 0 Å². The normalized spacial score (nSPS) is 12.6. The Balaban J connectivity index is 2.41. The maximum absolute atomic E-state index is 13.8. The van der Waals surface area contributed by atoms with Crippen LogP contribution in [0.3, 0.4) is 0 Å². The molecule has 0 aliphatic carbocycles. The van der Waals surface area contributed by atoms with Gasteiger partial charge in [-0.05, 0) is 31.5 Å². The van der Waals surface area contributed by atoms with Crippen LogP contribution < -0.4 is 0 Å². The summed E-state index contributed by atoms with van der Waals surface area (Å²) >= 11 is 0. The summed E-state index contributed by atoms with van der Waals surface area (Å²) in [6.07, 6.45) is -0.380. The minimum atomic E-state index is -1.13. The van der Waals surface area contributed by atoms with Crippen LogP contribution in [0.4, 0.5) is 4.39 Å². The molecule has 1 atom stereocenters. The van der Waals surface area contributed by atoms with E-state index < -0.39 is 18.3 Å². The monoisotopic (exact) mass is 305 g/mol. The molecule has 0 fully saturated rings. The molecule has 0 bridgehead atoms. The average Bonchev–Trinajstić information content (AvgIpc) is 2.54. The summed E-state index contributed by atoms with van der Waals surface area (Å²) in [6.45, 7) is 4.67. The van der Waals surface area contributed by atoms with Gasteiger partial charge >= 0.3 is 0 Å². The smallest absolute Gasteiger partial charge is 0.218 e. The van der Waals surface area contributed by atoms with E-state index in [2.05, 4.69) is 4.98 Å². The van der Waals surface area contributed by atoms with Gasteiger partial charge in [-0.15, -0.1) is 0 Å². The molecular formula is C17H20FNO3. The van der Waals surface area contributed by atoms with E-state index in [4.69, 9.17) is 9.47 Å². The molecule has 2 rings (SSSR count). The second-order valence-corrected chi connectivity index (χ2v) is 4.66. The van der Waals surface area contributed by atoms with Crippen molar-refractivity contribution in [3.8, 4) is 0 Å². The molecule has 0 aliphatic heterocycles. The van der Waals surface area contributed by atoms with Crippen molar-refractivity contribution in [1.82, 2.24) is 4.98 Å². The zero-order chi connectivity index (χ0) is 15.9. The first-order valence-corrected chi connectivity index (χ1v) is 7.29. The fourth-order valence-corrected chi connectivity index (χ4v) is 2.27. The van der Waals surface area contributed by atoms with Crippen LogP contribution >= 0.6 is 0 Å². The fourth-order valence-electron chi connectivity index (χ4n) is 2.27. The number of ether oxygens (including phenoxy) is 2. The van der Waals surface area contributed by atoms with Gasteiger partial charge in [-0.25, -0.2) is 4.98 Å². The van der Waals surface area contributed by atoms with Crippen LogP contribution in [0.1, 0.15) is 42.9 Å². The number of aliphatic hydroxyl groups excluding tert-OH is 1. The summed E-state index contributed by atoms with van der Waals surface area (Å²) in [5.41, 5.74) is 1.35. The predicted octanol–water partition coefficient (Wildman–Crippen LogP) is 3.37. The van der Waals surface area contributed by atoms with E-state index in [1.54, 1.807) is 18.2 Å². The van der Waals surface area contributed by atoms with E-state index in [1.807, 2.05) is 26.0 Å². The first-order valence-electron chi connectivity index (χ1n) is 7.29. The molecule has 1 unspecified atom stereocenters. The summed E-state index contributed by atoms with van der Waals surface area (Å²) in [7, 11) is 0. The van der Waals surface area contributed by atoms with Gasteiger partial charge in [0.1, 0.15) is 6.10 Å². The summed E-state index contributed by atoms with van der Waals surface area (Å²) in [4.78, 5) is 3.58. The number of nitrogens with zero attached hydrogens (tertiary/aromatic N) is 1. The first kappa shape index (κ1) is 16.5. The number of benzene rings is 1. The third-order valence-corrected chi connectivity index (χ3v) is 3.26. The molecule has 0 amide bonds. The Bertz CT molecular complexity index is 600. The maximum Gasteiger partial charge on any atom is 0.218 e. The highest BCUT2D eigenvalue weighted by Gasteiger charge is 2.23. The Morgan fingerprint density at radius 3 is 2.18 bits per heavy atom. The second kappa shape index (κ2) is 7.98. The quantitative estimate of drug-likeness (QED) is 0.629. The SMILES string of the molecule is CCOC(OCC)c1ccccc1C(O)c1cccnc1F. The van der Waals surface area contributed by atoms with Crippen molar-refractivity contribution in [2.24, 2.45) is 0 Å². The zero-order valence-electron chi connectivity index (χ0n) is 12.7. The average molecular weight is 305 g/mol. The minimum absolute atomic E-state index is 0.127. The van der Waals surface area contributed by atoms with Crippen LogP contribution in [-0.2, 0) is 9.47 Å². The molecule has 0 aliphatic rings. The molecule has 5 heteroatoms. The van der Waals surface area contributed by atoms with Crippen LogP contribution in [0.2, 0.25) is 0 Å². The van der Waals surface area contributed by atoms with Crippen molar-refractivity contribution >= 4 is 0 Å². The number of halogens is 1. The third kappa shape index (κ3) is 3.68. The topological polar surface area (TPSA) is 51.6 Å². The molecule has 1 aromatic carbocycles. The lowest BCUT2D eigenvalue weighted by Gasteiger charge is -2.22. The summed E-state index contributed by atoms with van der Waals surface area (Å²) < 4.78 is 25.0. The van der Waals surface area contributed by atoms with Gasteiger partial charge in [0, 0.05) is 30.5 Å². The van der Waals surface area contributed by atoms with Crippen molar-refractivity contribution in [2.45, 2.75) is 26.2 Å². The minimum Gasteiger partial charge on any atom is -0.383 e. The lowest BCUT2D eigenvalue weighted by atomic mass is 9.97. The molecule has 0 spiro atoms. The summed E-state index contributed by atoms with van der Waals surface area (Å²) in [6, 6.07) is 10.3. The van der Waals surface area contributed by atoms with Crippen LogP contribution in [0.25, 0.3) is 0 Å². The number of aromatic nitrogens is 1. The lowest BCUT2D eigenvalue weighted by molar-refractivity contribution is -0.141. The lowest BCUT2D eigenvalue weighted by Crippen LogP contribution is -2.14. The summed E-state index contributed by atoms with van der Waals surface area (Å²) in [5, 5.41) is 10.5. The highest BCUT2D eigenvalue weighted by Crippen LogP contribution is 2.31. The Kier molecular flexibility index (Phi) is 6.00. The standard InChI is InChI=1S/C17H20FNO3/c1-3-21-17(22-4-2)13-9-6-5-8-12(13)15(20)14-10-7-11-19-16(14)18/h5-11,15,17,20H,3-4H2,1-2H3.